The summed E-state index contributed by atoms with van der Waals surface area (Å²) in [6, 6.07) is 0. The van der Waals surface area contributed by atoms with Crippen LogP contribution in [0.15, 0.2) is 0 Å². The van der Waals surface area contributed by atoms with Crippen molar-refractivity contribution >= 4 is 11.9 Å². The third-order valence-electron chi connectivity index (χ3n) is 5.71. The fraction of sp³-hybridized carbons (Fsp3) is 0.909. The maximum Gasteiger partial charge on any atom is 0.306 e. The second-order valence-corrected chi connectivity index (χ2v) is 8.12. The maximum absolute atomic E-state index is 11.9. The first kappa shape index (κ1) is 21.2. The summed E-state index contributed by atoms with van der Waals surface area (Å²) in [5.41, 5.74) is 0. The standard InChI is InChI=1S/C22H38O4/c23-21(25-19-13-7-1-2-8-14-19)17-11-5-6-12-18-22(24)26-20-15-9-3-4-10-16-20/h19-20H,1-18H2. The number of hydrogen-bond donors (Lipinski definition) is 0. The normalized spacial score (nSPS) is 20.2. The number of rotatable bonds is 9. The molecule has 4 nitrogen and oxygen atoms in total. The van der Waals surface area contributed by atoms with Gasteiger partial charge in [-0.1, -0.05) is 38.5 Å². The summed E-state index contributed by atoms with van der Waals surface area (Å²) in [4.78, 5) is 23.8. The van der Waals surface area contributed by atoms with E-state index in [1.54, 1.807) is 0 Å². The van der Waals surface area contributed by atoms with Crippen molar-refractivity contribution in [1.82, 2.24) is 0 Å². The van der Waals surface area contributed by atoms with Crippen molar-refractivity contribution in [3.63, 3.8) is 0 Å². The molecule has 0 amide bonds. The van der Waals surface area contributed by atoms with Gasteiger partial charge >= 0.3 is 11.9 Å². The Morgan fingerprint density at radius 2 is 0.885 bits per heavy atom. The van der Waals surface area contributed by atoms with E-state index in [1.807, 2.05) is 0 Å². The first-order chi connectivity index (χ1) is 12.7. The molecule has 0 unspecified atom stereocenters. The lowest BCUT2D eigenvalue weighted by Crippen LogP contribution is -2.17. The smallest absolute Gasteiger partial charge is 0.306 e. The average Bonchev–Trinajstić information content (AvgIpc) is 3.03. The minimum absolute atomic E-state index is 0.0373. The first-order valence-corrected chi connectivity index (χ1v) is 11.1. The van der Waals surface area contributed by atoms with E-state index in [-0.39, 0.29) is 24.1 Å². The van der Waals surface area contributed by atoms with Gasteiger partial charge in [-0.2, -0.15) is 0 Å². The SMILES string of the molecule is O=C(CCCCCCC(=O)OC1CCCCCC1)OC1CCCCCC1. The molecule has 2 fully saturated rings. The molecule has 26 heavy (non-hydrogen) atoms. The minimum Gasteiger partial charge on any atom is -0.462 e. The Bertz CT molecular complexity index is 353. The molecule has 0 N–H and O–H groups in total. The number of carbonyl (C=O) groups excluding carboxylic acids is 2. The topological polar surface area (TPSA) is 52.6 Å². The highest BCUT2D eigenvalue weighted by Crippen LogP contribution is 2.21. The predicted octanol–water partition coefficient (Wildman–Crippen LogP) is 5.86. The van der Waals surface area contributed by atoms with Gasteiger partial charge in [0.1, 0.15) is 12.2 Å². The molecule has 0 atom stereocenters. The zero-order valence-electron chi connectivity index (χ0n) is 16.5. The summed E-state index contributed by atoms with van der Waals surface area (Å²) >= 11 is 0. The molecule has 0 aromatic heterocycles. The highest BCUT2D eigenvalue weighted by molar-refractivity contribution is 5.69. The summed E-state index contributed by atoms with van der Waals surface area (Å²) in [6.45, 7) is 0. The van der Waals surface area contributed by atoms with Crippen LogP contribution in [0.25, 0.3) is 0 Å². The van der Waals surface area contributed by atoms with E-state index in [9.17, 15) is 9.59 Å². The summed E-state index contributed by atoms with van der Waals surface area (Å²) in [5.74, 6) is -0.0747. The Morgan fingerprint density at radius 1 is 0.538 bits per heavy atom. The highest BCUT2D eigenvalue weighted by atomic mass is 16.5. The first-order valence-electron chi connectivity index (χ1n) is 11.1. The molecule has 0 spiro atoms. The molecule has 4 heteroatoms. The summed E-state index contributed by atoms with van der Waals surface area (Å²) in [5, 5.41) is 0. The molecule has 0 aromatic carbocycles. The predicted molar refractivity (Wildman–Crippen MR) is 103 cm³/mol. The Hall–Kier alpha value is -1.06. The molecular weight excluding hydrogens is 328 g/mol. The van der Waals surface area contributed by atoms with Crippen LogP contribution in [0.2, 0.25) is 0 Å². The molecule has 0 saturated heterocycles. The lowest BCUT2D eigenvalue weighted by molar-refractivity contribution is -0.151. The van der Waals surface area contributed by atoms with Crippen molar-refractivity contribution in [3.8, 4) is 0 Å². The Morgan fingerprint density at radius 3 is 1.23 bits per heavy atom. The van der Waals surface area contributed by atoms with Crippen LogP contribution in [-0.2, 0) is 19.1 Å². The summed E-state index contributed by atoms with van der Waals surface area (Å²) in [6.07, 6.45) is 19.0. The van der Waals surface area contributed by atoms with Gasteiger partial charge in [-0.3, -0.25) is 9.59 Å². The Labute approximate surface area is 159 Å². The van der Waals surface area contributed by atoms with Gasteiger partial charge < -0.3 is 9.47 Å². The van der Waals surface area contributed by atoms with Gasteiger partial charge in [0, 0.05) is 12.8 Å². The molecule has 0 aliphatic heterocycles. The van der Waals surface area contributed by atoms with Crippen molar-refractivity contribution in [2.45, 2.75) is 128 Å². The molecule has 2 rings (SSSR count). The van der Waals surface area contributed by atoms with Gasteiger partial charge in [0.05, 0.1) is 0 Å². The zero-order valence-corrected chi connectivity index (χ0v) is 16.5. The highest BCUT2D eigenvalue weighted by Gasteiger charge is 2.17. The minimum atomic E-state index is -0.0373. The van der Waals surface area contributed by atoms with Crippen molar-refractivity contribution < 1.29 is 19.1 Å². The molecule has 150 valence electrons. The fourth-order valence-electron chi connectivity index (χ4n) is 4.10. The molecule has 0 heterocycles. The van der Waals surface area contributed by atoms with E-state index < -0.39 is 0 Å². The van der Waals surface area contributed by atoms with Gasteiger partial charge in [-0.25, -0.2) is 0 Å². The lowest BCUT2D eigenvalue weighted by Gasteiger charge is -2.15. The third-order valence-corrected chi connectivity index (χ3v) is 5.71. The molecule has 2 aliphatic carbocycles. The maximum atomic E-state index is 11.9. The summed E-state index contributed by atoms with van der Waals surface area (Å²) in [7, 11) is 0. The monoisotopic (exact) mass is 366 g/mol. The lowest BCUT2D eigenvalue weighted by atomic mass is 10.1. The van der Waals surface area contributed by atoms with Gasteiger partial charge in [0.25, 0.3) is 0 Å². The van der Waals surface area contributed by atoms with E-state index in [4.69, 9.17) is 9.47 Å². The molecule has 0 radical (unpaired) electrons. The van der Waals surface area contributed by atoms with Crippen molar-refractivity contribution in [2.75, 3.05) is 0 Å². The van der Waals surface area contributed by atoms with Crippen LogP contribution in [0.1, 0.15) is 116 Å². The number of hydrogen-bond acceptors (Lipinski definition) is 4. The Balaban J connectivity index is 1.44. The number of carbonyl (C=O) groups is 2. The quantitative estimate of drug-likeness (QED) is 0.291. The van der Waals surface area contributed by atoms with E-state index in [0.717, 1.165) is 51.4 Å². The van der Waals surface area contributed by atoms with Gasteiger partial charge in [0.15, 0.2) is 0 Å². The number of ether oxygens (including phenoxy) is 2. The van der Waals surface area contributed by atoms with Crippen molar-refractivity contribution in [2.24, 2.45) is 0 Å². The van der Waals surface area contributed by atoms with Crippen LogP contribution < -0.4 is 0 Å². The third kappa shape index (κ3) is 9.59. The second-order valence-electron chi connectivity index (χ2n) is 8.12. The summed E-state index contributed by atoms with van der Waals surface area (Å²) < 4.78 is 11.2. The van der Waals surface area contributed by atoms with Gasteiger partial charge in [-0.05, 0) is 64.2 Å². The Kier molecular flexibility index (Phi) is 10.8. The molecular formula is C22H38O4. The van der Waals surface area contributed by atoms with Crippen LogP contribution >= 0.6 is 0 Å². The molecule has 2 aliphatic rings. The van der Waals surface area contributed by atoms with Crippen molar-refractivity contribution in [3.05, 3.63) is 0 Å². The van der Waals surface area contributed by atoms with Crippen LogP contribution in [0.3, 0.4) is 0 Å². The molecule has 0 bridgehead atoms. The van der Waals surface area contributed by atoms with Crippen LogP contribution in [0.5, 0.6) is 0 Å². The number of unbranched alkanes of at least 4 members (excludes halogenated alkanes) is 3. The van der Waals surface area contributed by atoms with Gasteiger partial charge in [0.2, 0.25) is 0 Å². The van der Waals surface area contributed by atoms with Crippen molar-refractivity contribution in [1.29, 1.82) is 0 Å². The average molecular weight is 367 g/mol. The van der Waals surface area contributed by atoms with E-state index >= 15 is 0 Å². The van der Waals surface area contributed by atoms with Crippen LogP contribution in [0.4, 0.5) is 0 Å². The zero-order chi connectivity index (χ0) is 18.5. The van der Waals surface area contributed by atoms with Crippen LogP contribution in [0, 0.1) is 0 Å². The van der Waals surface area contributed by atoms with E-state index in [2.05, 4.69) is 0 Å². The second kappa shape index (κ2) is 13.2. The fourth-order valence-corrected chi connectivity index (χ4v) is 4.10. The van der Waals surface area contributed by atoms with Gasteiger partial charge in [-0.15, -0.1) is 0 Å². The van der Waals surface area contributed by atoms with E-state index in [1.165, 1.54) is 51.4 Å². The largest absolute Gasteiger partial charge is 0.462 e. The van der Waals surface area contributed by atoms with E-state index in [0.29, 0.717) is 12.8 Å². The van der Waals surface area contributed by atoms with Crippen LogP contribution in [-0.4, -0.2) is 24.1 Å². The number of esters is 2. The molecule has 2 saturated carbocycles. The molecule has 0 aromatic rings.